The molecule has 1 aromatic heterocycles. The highest BCUT2D eigenvalue weighted by Crippen LogP contribution is 2.18. The summed E-state index contributed by atoms with van der Waals surface area (Å²) in [6.45, 7) is 4.13. The third kappa shape index (κ3) is 3.69. The van der Waals surface area contributed by atoms with E-state index in [9.17, 15) is 0 Å². The van der Waals surface area contributed by atoms with Gasteiger partial charge in [0.25, 0.3) is 0 Å². The van der Waals surface area contributed by atoms with Gasteiger partial charge < -0.3 is 5.32 Å². The van der Waals surface area contributed by atoms with E-state index >= 15 is 0 Å². The molecule has 0 atom stereocenters. The second-order valence-electron chi connectivity index (χ2n) is 6.36. The van der Waals surface area contributed by atoms with Crippen LogP contribution in [0.2, 0.25) is 0 Å². The van der Waals surface area contributed by atoms with E-state index in [-0.39, 0.29) is 0 Å². The molecule has 0 amide bonds. The molecule has 1 aliphatic rings. The van der Waals surface area contributed by atoms with E-state index in [4.69, 9.17) is 0 Å². The average molecular weight is 334 g/mol. The first-order valence-electron chi connectivity index (χ1n) is 8.77. The van der Waals surface area contributed by atoms with Crippen molar-refractivity contribution >= 4 is 5.95 Å². The Kier molecular flexibility index (Phi) is 4.70. The molecule has 0 unspecified atom stereocenters. The molecule has 6 nitrogen and oxygen atoms in total. The molecule has 0 saturated carbocycles. The van der Waals surface area contributed by atoms with Gasteiger partial charge in [-0.05, 0) is 59.6 Å². The summed E-state index contributed by atoms with van der Waals surface area (Å²) in [5.74, 6) is 0.655. The van der Waals surface area contributed by atoms with Crippen molar-refractivity contribution in [2.24, 2.45) is 0 Å². The summed E-state index contributed by atoms with van der Waals surface area (Å²) in [7, 11) is 0. The SMILES string of the molecule is c1ccc(-n2nnnc2NCc2ccccc2CN2CCCC2)cc1. The minimum Gasteiger partial charge on any atom is -0.349 e. The van der Waals surface area contributed by atoms with Crippen LogP contribution < -0.4 is 5.32 Å². The minimum atomic E-state index is 0.655. The van der Waals surface area contributed by atoms with Crippen molar-refractivity contribution in [1.29, 1.82) is 0 Å². The third-order valence-electron chi connectivity index (χ3n) is 4.62. The smallest absolute Gasteiger partial charge is 0.248 e. The largest absolute Gasteiger partial charge is 0.349 e. The van der Waals surface area contributed by atoms with Crippen LogP contribution >= 0.6 is 0 Å². The minimum absolute atomic E-state index is 0.655. The van der Waals surface area contributed by atoms with Crippen molar-refractivity contribution in [3.63, 3.8) is 0 Å². The lowest BCUT2D eigenvalue weighted by Gasteiger charge is -2.17. The number of benzene rings is 2. The van der Waals surface area contributed by atoms with Gasteiger partial charge in [0, 0.05) is 13.1 Å². The highest BCUT2D eigenvalue weighted by molar-refractivity contribution is 5.39. The van der Waals surface area contributed by atoms with Crippen LogP contribution in [0.25, 0.3) is 5.69 Å². The fraction of sp³-hybridized carbons (Fsp3) is 0.316. The molecular formula is C19H22N6. The number of anilines is 1. The van der Waals surface area contributed by atoms with E-state index in [1.807, 2.05) is 30.3 Å². The van der Waals surface area contributed by atoms with E-state index in [1.54, 1.807) is 4.68 Å². The molecule has 1 saturated heterocycles. The van der Waals surface area contributed by atoms with Crippen molar-refractivity contribution in [3.8, 4) is 5.69 Å². The molecule has 25 heavy (non-hydrogen) atoms. The normalized spacial score (nSPS) is 14.7. The average Bonchev–Trinajstić information content (AvgIpc) is 3.33. The van der Waals surface area contributed by atoms with Crippen LogP contribution in [0.1, 0.15) is 24.0 Å². The quantitative estimate of drug-likeness (QED) is 0.751. The first-order chi connectivity index (χ1) is 12.4. The van der Waals surface area contributed by atoms with E-state index in [2.05, 4.69) is 50.0 Å². The highest BCUT2D eigenvalue weighted by Gasteiger charge is 2.14. The van der Waals surface area contributed by atoms with Crippen molar-refractivity contribution in [2.75, 3.05) is 18.4 Å². The zero-order valence-electron chi connectivity index (χ0n) is 14.2. The Balaban J connectivity index is 1.48. The fourth-order valence-corrected chi connectivity index (χ4v) is 3.28. The first kappa shape index (κ1) is 15.8. The Morgan fingerprint density at radius 2 is 1.60 bits per heavy atom. The second kappa shape index (κ2) is 7.44. The van der Waals surface area contributed by atoms with Crippen molar-refractivity contribution in [1.82, 2.24) is 25.1 Å². The summed E-state index contributed by atoms with van der Waals surface area (Å²) >= 11 is 0. The number of para-hydroxylation sites is 1. The van der Waals surface area contributed by atoms with Gasteiger partial charge >= 0.3 is 0 Å². The van der Waals surface area contributed by atoms with Gasteiger partial charge in [-0.15, -0.1) is 0 Å². The molecule has 2 heterocycles. The van der Waals surface area contributed by atoms with Gasteiger partial charge in [-0.25, -0.2) is 0 Å². The number of rotatable bonds is 6. The van der Waals surface area contributed by atoms with Crippen molar-refractivity contribution < 1.29 is 0 Å². The molecule has 2 aromatic carbocycles. The maximum Gasteiger partial charge on any atom is 0.248 e. The number of nitrogens with zero attached hydrogens (tertiary/aromatic N) is 5. The number of hydrogen-bond acceptors (Lipinski definition) is 5. The standard InChI is InChI=1S/C19H22N6/c1-2-10-18(11-3-1)25-19(21-22-23-25)20-14-16-8-4-5-9-17(16)15-24-12-6-7-13-24/h1-5,8-11H,6-7,12-15H2,(H,20,21,23). The van der Waals surface area contributed by atoms with E-state index in [0.717, 1.165) is 12.2 Å². The molecule has 0 bridgehead atoms. The molecule has 3 aromatic rings. The summed E-state index contributed by atoms with van der Waals surface area (Å²) in [4.78, 5) is 2.52. The second-order valence-corrected chi connectivity index (χ2v) is 6.36. The molecular weight excluding hydrogens is 312 g/mol. The predicted molar refractivity (Wildman–Crippen MR) is 97.4 cm³/mol. The molecule has 6 heteroatoms. The summed E-state index contributed by atoms with van der Waals surface area (Å²) in [5, 5.41) is 15.4. The Morgan fingerprint density at radius 3 is 2.40 bits per heavy atom. The number of tetrazole rings is 1. The van der Waals surface area contributed by atoms with Crippen LogP contribution in [-0.2, 0) is 13.1 Å². The van der Waals surface area contributed by atoms with Crippen LogP contribution in [0.3, 0.4) is 0 Å². The zero-order chi connectivity index (χ0) is 16.9. The summed E-state index contributed by atoms with van der Waals surface area (Å²) in [6.07, 6.45) is 2.62. The molecule has 1 fully saturated rings. The molecule has 4 rings (SSSR count). The van der Waals surface area contributed by atoms with E-state index < -0.39 is 0 Å². The molecule has 128 valence electrons. The first-order valence-corrected chi connectivity index (χ1v) is 8.77. The van der Waals surface area contributed by atoms with Gasteiger partial charge in [0.2, 0.25) is 5.95 Å². The van der Waals surface area contributed by atoms with E-state index in [1.165, 1.54) is 37.1 Å². The summed E-state index contributed by atoms with van der Waals surface area (Å²) in [5.41, 5.74) is 3.60. The molecule has 0 spiro atoms. The van der Waals surface area contributed by atoms with Crippen LogP contribution in [0.4, 0.5) is 5.95 Å². The Morgan fingerprint density at radius 1 is 0.880 bits per heavy atom. The van der Waals surface area contributed by atoms with Crippen LogP contribution in [-0.4, -0.2) is 38.2 Å². The van der Waals surface area contributed by atoms with Crippen LogP contribution in [0.15, 0.2) is 54.6 Å². The monoisotopic (exact) mass is 334 g/mol. The number of likely N-dealkylation sites (tertiary alicyclic amines) is 1. The molecule has 1 aliphatic heterocycles. The van der Waals surface area contributed by atoms with Gasteiger partial charge in [0.05, 0.1) is 5.69 Å². The molecule has 0 radical (unpaired) electrons. The molecule has 1 N–H and O–H groups in total. The topological polar surface area (TPSA) is 58.9 Å². The summed E-state index contributed by atoms with van der Waals surface area (Å²) < 4.78 is 1.73. The lowest BCUT2D eigenvalue weighted by atomic mass is 10.1. The van der Waals surface area contributed by atoms with Gasteiger partial charge in [-0.2, -0.15) is 4.68 Å². The Labute approximate surface area is 147 Å². The van der Waals surface area contributed by atoms with Gasteiger partial charge in [-0.1, -0.05) is 47.6 Å². The lowest BCUT2D eigenvalue weighted by Crippen LogP contribution is -2.20. The number of aromatic nitrogens is 4. The van der Waals surface area contributed by atoms with Gasteiger partial charge in [0.15, 0.2) is 0 Å². The van der Waals surface area contributed by atoms with Crippen molar-refractivity contribution in [2.45, 2.75) is 25.9 Å². The van der Waals surface area contributed by atoms with E-state index in [0.29, 0.717) is 12.5 Å². The summed E-state index contributed by atoms with van der Waals surface area (Å²) in [6, 6.07) is 18.5. The number of nitrogens with one attached hydrogen (secondary N) is 1. The van der Waals surface area contributed by atoms with Crippen molar-refractivity contribution in [3.05, 3.63) is 65.7 Å². The number of hydrogen-bond donors (Lipinski definition) is 1. The maximum atomic E-state index is 4.12. The zero-order valence-corrected chi connectivity index (χ0v) is 14.2. The lowest BCUT2D eigenvalue weighted by molar-refractivity contribution is 0.330. The Bertz CT molecular complexity index is 808. The van der Waals surface area contributed by atoms with Gasteiger partial charge in [-0.3, -0.25) is 4.90 Å². The van der Waals surface area contributed by atoms with Gasteiger partial charge in [0.1, 0.15) is 0 Å². The third-order valence-corrected chi connectivity index (χ3v) is 4.62. The fourth-order valence-electron chi connectivity index (χ4n) is 3.28. The Hall–Kier alpha value is -2.73. The van der Waals surface area contributed by atoms with Crippen LogP contribution in [0.5, 0.6) is 0 Å². The molecule has 0 aliphatic carbocycles. The highest BCUT2D eigenvalue weighted by atomic mass is 15.6. The maximum absolute atomic E-state index is 4.12. The predicted octanol–water partition coefficient (Wildman–Crippen LogP) is 2.87. The van der Waals surface area contributed by atoms with Crippen LogP contribution in [0, 0.1) is 0 Å².